The first-order chi connectivity index (χ1) is 8.37. The zero-order valence-corrected chi connectivity index (χ0v) is 13.9. The van der Waals surface area contributed by atoms with Gasteiger partial charge in [-0.25, -0.2) is 0 Å². The normalized spacial score (nSPS) is 12.7. The van der Waals surface area contributed by atoms with Crippen molar-refractivity contribution in [2.45, 2.75) is 59.2 Å². The van der Waals surface area contributed by atoms with Gasteiger partial charge < -0.3 is 10.2 Å². The molecule has 2 N–H and O–H groups in total. The van der Waals surface area contributed by atoms with Gasteiger partial charge in [-0.05, 0) is 65.7 Å². The average molecular weight is 270 g/mol. The summed E-state index contributed by atoms with van der Waals surface area (Å²) in [7, 11) is -1.48. The van der Waals surface area contributed by atoms with Crippen molar-refractivity contribution in [3.05, 3.63) is 23.3 Å². The lowest BCUT2D eigenvalue weighted by atomic mass is 10.1. The van der Waals surface area contributed by atoms with Crippen molar-refractivity contribution < 1.29 is 4.43 Å². The fourth-order valence-corrected chi connectivity index (χ4v) is 3.43. The molecule has 0 aromatic heterocycles. The van der Waals surface area contributed by atoms with Crippen LogP contribution in [0.15, 0.2) is 23.3 Å². The summed E-state index contributed by atoms with van der Waals surface area (Å²) >= 11 is 0. The van der Waals surface area contributed by atoms with Gasteiger partial charge in [0.1, 0.15) is 0 Å². The van der Waals surface area contributed by atoms with Crippen LogP contribution in [0.1, 0.15) is 40.0 Å². The van der Waals surface area contributed by atoms with Gasteiger partial charge in [0, 0.05) is 0 Å². The minimum atomic E-state index is -1.48. The van der Waals surface area contributed by atoms with E-state index in [1.165, 1.54) is 11.1 Å². The fourth-order valence-electron chi connectivity index (χ4n) is 1.70. The van der Waals surface area contributed by atoms with Crippen molar-refractivity contribution in [3.63, 3.8) is 0 Å². The van der Waals surface area contributed by atoms with E-state index in [0.717, 1.165) is 38.5 Å². The summed E-state index contributed by atoms with van der Waals surface area (Å²) in [6.45, 7) is 12.6. The van der Waals surface area contributed by atoms with Crippen LogP contribution in [-0.4, -0.2) is 21.5 Å². The third-order valence-corrected chi connectivity index (χ3v) is 5.49. The maximum atomic E-state index is 6.02. The van der Waals surface area contributed by atoms with Gasteiger partial charge in [0.2, 0.25) is 0 Å². The summed E-state index contributed by atoms with van der Waals surface area (Å²) in [6.07, 6.45) is 7.88. The summed E-state index contributed by atoms with van der Waals surface area (Å²) in [5.74, 6) is 0. The van der Waals surface area contributed by atoms with Crippen LogP contribution in [0.4, 0.5) is 0 Å². The number of hydrogen-bond acceptors (Lipinski definition) is 2. The van der Waals surface area contributed by atoms with E-state index < -0.39 is 8.32 Å². The smallest absolute Gasteiger partial charge is 0.187 e. The minimum absolute atomic E-state index is 0.768. The van der Waals surface area contributed by atoms with Gasteiger partial charge in [-0.2, -0.15) is 0 Å². The Morgan fingerprint density at radius 2 is 1.83 bits per heavy atom. The second-order valence-electron chi connectivity index (χ2n) is 5.83. The Morgan fingerprint density at radius 3 is 2.39 bits per heavy atom. The molecule has 2 nitrogen and oxygen atoms in total. The van der Waals surface area contributed by atoms with Crippen molar-refractivity contribution in [3.8, 4) is 0 Å². The van der Waals surface area contributed by atoms with Crippen LogP contribution < -0.4 is 5.73 Å². The Balaban J connectivity index is 3.88. The van der Waals surface area contributed by atoms with Gasteiger partial charge >= 0.3 is 0 Å². The van der Waals surface area contributed by atoms with Gasteiger partial charge in [-0.1, -0.05) is 23.3 Å². The number of hydrogen-bond donors (Lipinski definition) is 1. The Labute approximate surface area is 114 Å². The van der Waals surface area contributed by atoms with Crippen LogP contribution in [0.5, 0.6) is 0 Å². The van der Waals surface area contributed by atoms with Gasteiger partial charge in [-0.15, -0.1) is 0 Å². The molecule has 0 saturated carbocycles. The molecule has 3 heteroatoms. The van der Waals surface area contributed by atoms with E-state index in [9.17, 15) is 0 Å². The van der Waals surface area contributed by atoms with Gasteiger partial charge in [0.15, 0.2) is 8.32 Å². The maximum absolute atomic E-state index is 6.02. The molecule has 0 aromatic carbocycles. The Hall–Kier alpha value is -0.383. The molecule has 18 heavy (non-hydrogen) atoms. The van der Waals surface area contributed by atoms with Crippen molar-refractivity contribution in [2.75, 3.05) is 13.2 Å². The molecule has 0 spiro atoms. The van der Waals surface area contributed by atoms with Gasteiger partial charge in [-0.3, -0.25) is 0 Å². The lowest BCUT2D eigenvalue weighted by Crippen LogP contribution is -2.31. The topological polar surface area (TPSA) is 35.2 Å². The first-order valence-corrected chi connectivity index (χ1v) is 10.1. The maximum Gasteiger partial charge on any atom is 0.187 e. The molecule has 0 aliphatic rings. The van der Waals surface area contributed by atoms with Crippen molar-refractivity contribution in [1.82, 2.24) is 0 Å². The molecular formula is C15H31NOSi. The molecule has 0 aliphatic heterocycles. The Kier molecular flexibility index (Phi) is 9.33. The summed E-state index contributed by atoms with van der Waals surface area (Å²) < 4.78 is 6.02. The van der Waals surface area contributed by atoms with E-state index in [1.54, 1.807) is 0 Å². The van der Waals surface area contributed by atoms with Crippen LogP contribution in [0.2, 0.25) is 19.1 Å². The van der Waals surface area contributed by atoms with E-state index in [2.05, 4.69) is 46.0 Å². The molecule has 0 amide bonds. The zero-order valence-electron chi connectivity index (χ0n) is 12.9. The molecule has 0 aliphatic carbocycles. The Morgan fingerprint density at radius 1 is 1.17 bits per heavy atom. The molecule has 0 radical (unpaired) electrons. The highest BCUT2D eigenvalue weighted by atomic mass is 28.4. The SMILES string of the molecule is CC(C)=CCC/C(C)=C/CO[Si](C)(C)CCCN. The molecule has 0 heterocycles. The van der Waals surface area contributed by atoms with Crippen molar-refractivity contribution in [1.29, 1.82) is 0 Å². The number of nitrogens with two attached hydrogens (primary N) is 1. The lowest BCUT2D eigenvalue weighted by molar-refractivity contribution is 0.349. The summed E-state index contributed by atoms with van der Waals surface area (Å²) in [5, 5.41) is 0. The van der Waals surface area contributed by atoms with E-state index in [1.807, 2.05) is 0 Å². The third kappa shape index (κ3) is 10.8. The highest BCUT2D eigenvalue weighted by molar-refractivity contribution is 6.71. The van der Waals surface area contributed by atoms with Crippen LogP contribution in [0, 0.1) is 0 Å². The molecular weight excluding hydrogens is 238 g/mol. The van der Waals surface area contributed by atoms with Crippen LogP contribution in [0.3, 0.4) is 0 Å². The van der Waals surface area contributed by atoms with Crippen molar-refractivity contribution >= 4 is 8.32 Å². The van der Waals surface area contributed by atoms with E-state index >= 15 is 0 Å². The zero-order chi connectivity index (χ0) is 14.0. The minimum Gasteiger partial charge on any atom is -0.414 e. The highest BCUT2D eigenvalue weighted by Gasteiger charge is 2.20. The predicted molar refractivity (Wildman–Crippen MR) is 84.3 cm³/mol. The largest absolute Gasteiger partial charge is 0.414 e. The monoisotopic (exact) mass is 269 g/mol. The fraction of sp³-hybridized carbons (Fsp3) is 0.733. The number of rotatable bonds is 9. The first-order valence-electron chi connectivity index (χ1n) is 7.00. The summed E-state index contributed by atoms with van der Waals surface area (Å²) in [5.41, 5.74) is 8.37. The second kappa shape index (κ2) is 9.53. The molecule has 106 valence electrons. The average Bonchev–Trinajstić information content (AvgIpc) is 2.25. The molecule has 0 atom stereocenters. The van der Waals surface area contributed by atoms with Crippen molar-refractivity contribution in [2.24, 2.45) is 5.73 Å². The lowest BCUT2D eigenvalue weighted by Gasteiger charge is -2.21. The van der Waals surface area contributed by atoms with Crippen LogP contribution >= 0.6 is 0 Å². The quantitative estimate of drug-likeness (QED) is 0.502. The molecule has 0 rings (SSSR count). The van der Waals surface area contributed by atoms with E-state index in [0.29, 0.717) is 0 Å². The van der Waals surface area contributed by atoms with Gasteiger partial charge in [0.25, 0.3) is 0 Å². The molecule has 0 fully saturated rings. The Bertz CT molecular complexity index is 278. The standard InChI is InChI=1S/C15H31NOSi/c1-14(2)8-6-9-15(3)10-12-17-18(4,5)13-7-11-16/h8,10H,6-7,9,11-13,16H2,1-5H3/b15-10+. The summed E-state index contributed by atoms with van der Waals surface area (Å²) in [6, 6.07) is 1.16. The molecule has 0 saturated heterocycles. The van der Waals surface area contributed by atoms with E-state index in [-0.39, 0.29) is 0 Å². The van der Waals surface area contributed by atoms with Gasteiger partial charge in [0.05, 0.1) is 6.61 Å². The second-order valence-corrected chi connectivity index (χ2v) is 10.1. The first kappa shape index (κ1) is 17.6. The third-order valence-electron chi connectivity index (χ3n) is 2.98. The summed E-state index contributed by atoms with van der Waals surface area (Å²) in [4.78, 5) is 0. The van der Waals surface area contributed by atoms with E-state index in [4.69, 9.17) is 10.2 Å². The molecule has 0 unspecified atom stereocenters. The molecule has 0 aromatic rings. The van der Waals surface area contributed by atoms with Crippen LogP contribution in [-0.2, 0) is 4.43 Å². The predicted octanol–water partition coefficient (Wildman–Crippen LogP) is 4.25. The highest BCUT2D eigenvalue weighted by Crippen LogP contribution is 2.14. The molecule has 0 bridgehead atoms. The van der Waals surface area contributed by atoms with Crippen LogP contribution in [0.25, 0.3) is 0 Å². The number of allylic oxidation sites excluding steroid dienone is 3.